The summed E-state index contributed by atoms with van der Waals surface area (Å²) in [5.74, 6) is 0.172. The lowest BCUT2D eigenvalue weighted by molar-refractivity contribution is -0.137. The molecule has 0 unspecified atom stereocenters. The molecule has 0 spiro atoms. The molecule has 0 saturated carbocycles. The number of aryl methyl sites for hydroxylation is 1. The molecular weight excluding hydrogens is 390 g/mol. The molecule has 2 heterocycles. The van der Waals surface area contributed by atoms with Gasteiger partial charge in [0.15, 0.2) is 5.16 Å². The molecule has 148 valence electrons. The number of nitrogens with zero attached hydrogens (tertiary/aromatic N) is 2. The van der Waals surface area contributed by atoms with E-state index in [-0.39, 0.29) is 11.3 Å². The highest BCUT2D eigenvalue weighted by Crippen LogP contribution is 2.30. The predicted molar refractivity (Wildman–Crippen MR) is 113 cm³/mol. The van der Waals surface area contributed by atoms with E-state index < -0.39 is 5.97 Å². The lowest BCUT2D eigenvalue weighted by atomic mass is 10.2. The number of para-hydroxylation sites is 1. The average Bonchev–Trinajstić information content (AvgIpc) is 3.11. The minimum absolute atomic E-state index is 0.0327. The molecule has 2 aromatic heterocycles. The Labute approximate surface area is 170 Å². The molecule has 0 saturated heterocycles. The first-order valence-electron chi connectivity index (χ1n) is 8.91. The normalized spacial score (nSPS) is 11.1. The van der Waals surface area contributed by atoms with Gasteiger partial charge in [-0.2, -0.15) is 0 Å². The maximum atomic E-state index is 13.5. The van der Waals surface area contributed by atoms with E-state index in [1.54, 1.807) is 13.2 Å². The van der Waals surface area contributed by atoms with Crippen LogP contribution in [0.3, 0.4) is 0 Å². The topological polar surface area (TPSA) is 86.2 Å². The Balaban J connectivity index is 2.04. The zero-order valence-corrected chi connectivity index (χ0v) is 17.0. The molecule has 29 heavy (non-hydrogen) atoms. The largest absolute Gasteiger partial charge is 0.495 e. The van der Waals surface area contributed by atoms with Gasteiger partial charge >= 0.3 is 5.97 Å². The zero-order chi connectivity index (χ0) is 20.5. The fraction of sp³-hybridized carbons (Fsp3) is 0.190. The Bertz CT molecular complexity index is 1290. The number of aromatic amines is 1. The van der Waals surface area contributed by atoms with E-state index >= 15 is 0 Å². The summed E-state index contributed by atoms with van der Waals surface area (Å²) in [6.07, 6.45) is 0. The van der Waals surface area contributed by atoms with E-state index in [2.05, 4.69) is 4.98 Å². The number of esters is 1. The average molecular weight is 409 g/mol. The Morgan fingerprint density at radius 1 is 1.21 bits per heavy atom. The van der Waals surface area contributed by atoms with Gasteiger partial charge in [0.1, 0.15) is 16.8 Å². The molecule has 0 fully saturated rings. The smallest absolute Gasteiger partial charge is 0.316 e. The van der Waals surface area contributed by atoms with Gasteiger partial charge in [-0.25, -0.2) is 9.55 Å². The number of rotatable bonds is 5. The zero-order valence-electron chi connectivity index (χ0n) is 16.2. The van der Waals surface area contributed by atoms with Crippen LogP contribution in [-0.2, 0) is 9.53 Å². The summed E-state index contributed by atoms with van der Waals surface area (Å²) < 4.78 is 11.7. The Hall–Kier alpha value is -3.26. The third-order valence-electron chi connectivity index (χ3n) is 4.62. The fourth-order valence-electron chi connectivity index (χ4n) is 3.21. The number of fused-ring (bicyclic) bond motifs is 3. The Kier molecular flexibility index (Phi) is 5.02. The van der Waals surface area contributed by atoms with E-state index in [9.17, 15) is 9.59 Å². The lowest BCUT2D eigenvalue weighted by Crippen LogP contribution is -2.23. The summed E-state index contributed by atoms with van der Waals surface area (Å²) in [7, 11) is 2.88. The van der Waals surface area contributed by atoms with Crippen molar-refractivity contribution >= 4 is 39.7 Å². The molecule has 0 radical (unpaired) electrons. The second-order valence-corrected chi connectivity index (χ2v) is 7.41. The number of carbonyl (C=O) groups excluding carboxylic acids is 1. The van der Waals surface area contributed by atoms with Crippen LogP contribution < -0.4 is 10.3 Å². The predicted octanol–water partition coefficient (Wildman–Crippen LogP) is 3.45. The minimum Gasteiger partial charge on any atom is -0.495 e. The van der Waals surface area contributed by atoms with E-state index in [1.807, 2.05) is 43.3 Å². The van der Waals surface area contributed by atoms with E-state index in [0.29, 0.717) is 27.6 Å². The van der Waals surface area contributed by atoms with Gasteiger partial charge in [0.25, 0.3) is 5.56 Å². The number of hydrogen-bond donors (Lipinski definition) is 1. The molecule has 4 aromatic rings. The van der Waals surface area contributed by atoms with Gasteiger partial charge in [-0.05, 0) is 30.7 Å². The van der Waals surface area contributed by atoms with Gasteiger partial charge in [0, 0.05) is 10.9 Å². The van der Waals surface area contributed by atoms with E-state index in [0.717, 1.165) is 28.2 Å². The van der Waals surface area contributed by atoms with Gasteiger partial charge in [-0.15, -0.1) is 0 Å². The first-order chi connectivity index (χ1) is 14.0. The van der Waals surface area contributed by atoms with Crippen molar-refractivity contribution in [2.75, 3.05) is 20.0 Å². The number of ether oxygens (including phenoxy) is 2. The summed E-state index contributed by atoms with van der Waals surface area (Å²) in [6.45, 7) is 1.93. The summed E-state index contributed by atoms with van der Waals surface area (Å²) in [5.41, 5.74) is 3.07. The molecule has 4 rings (SSSR count). The second-order valence-electron chi connectivity index (χ2n) is 6.47. The number of thioether (sulfide) groups is 1. The Morgan fingerprint density at radius 3 is 2.76 bits per heavy atom. The van der Waals surface area contributed by atoms with Gasteiger partial charge in [0.2, 0.25) is 0 Å². The molecule has 0 amide bonds. The lowest BCUT2D eigenvalue weighted by Gasteiger charge is -2.15. The second kappa shape index (κ2) is 7.63. The summed E-state index contributed by atoms with van der Waals surface area (Å²) in [5, 5.41) is 1.24. The number of carbonyl (C=O) groups is 1. The van der Waals surface area contributed by atoms with Crippen LogP contribution in [0.2, 0.25) is 0 Å². The third kappa shape index (κ3) is 3.36. The molecule has 0 aliphatic heterocycles. The van der Waals surface area contributed by atoms with Crippen LogP contribution in [-0.4, -0.2) is 40.5 Å². The highest BCUT2D eigenvalue weighted by molar-refractivity contribution is 7.99. The minimum atomic E-state index is -0.397. The molecule has 8 heteroatoms. The van der Waals surface area contributed by atoms with Crippen LogP contribution >= 0.6 is 11.8 Å². The number of aromatic nitrogens is 3. The number of benzene rings is 2. The Morgan fingerprint density at radius 2 is 2.00 bits per heavy atom. The summed E-state index contributed by atoms with van der Waals surface area (Å²) in [4.78, 5) is 33.2. The highest BCUT2D eigenvalue weighted by atomic mass is 32.2. The maximum Gasteiger partial charge on any atom is 0.316 e. The molecule has 0 bridgehead atoms. The monoisotopic (exact) mass is 409 g/mol. The molecule has 7 nitrogen and oxygen atoms in total. The first-order valence-corrected chi connectivity index (χ1v) is 9.90. The van der Waals surface area contributed by atoms with Crippen LogP contribution in [0.4, 0.5) is 0 Å². The molecular formula is C21H19N3O4S. The first kappa shape index (κ1) is 19.1. The van der Waals surface area contributed by atoms with Gasteiger partial charge < -0.3 is 14.5 Å². The quantitative estimate of drug-likeness (QED) is 0.309. The molecule has 0 aliphatic carbocycles. The van der Waals surface area contributed by atoms with Crippen molar-refractivity contribution < 1.29 is 14.3 Å². The summed E-state index contributed by atoms with van der Waals surface area (Å²) >= 11 is 1.15. The third-order valence-corrected chi connectivity index (χ3v) is 5.53. The fourth-order valence-corrected chi connectivity index (χ4v) is 4.04. The van der Waals surface area contributed by atoms with Gasteiger partial charge in [-0.1, -0.05) is 36.0 Å². The van der Waals surface area contributed by atoms with Crippen LogP contribution in [0, 0.1) is 6.92 Å². The van der Waals surface area contributed by atoms with Crippen molar-refractivity contribution in [3.63, 3.8) is 0 Å². The highest BCUT2D eigenvalue weighted by Gasteiger charge is 2.20. The van der Waals surface area contributed by atoms with Gasteiger partial charge in [0.05, 0.1) is 25.7 Å². The molecule has 0 aliphatic rings. The van der Waals surface area contributed by atoms with Gasteiger partial charge in [-0.3, -0.25) is 9.59 Å². The number of hydrogen-bond acceptors (Lipinski definition) is 6. The maximum absolute atomic E-state index is 13.5. The van der Waals surface area contributed by atoms with Crippen molar-refractivity contribution in [2.24, 2.45) is 0 Å². The number of H-pyrrole nitrogens is 1. The van der Waals surface area contributed by atoms with E-state index in [1.165, 1.54) is 11.7 Å². The van der Waals surface area contributed by atoms with Crippen molar-refractivity contribution in [3.05, 3.63) is 58.4 Å². The number of nitrogens with one attached hydrogen (secondary N) is 1. The van der Waals surface area contributed by atoms with Crippen molar-refractivity contribution in [2.45, 2.75) is 12.1 Å². The SMILES string of the molecule is COC(=O)CSc1nc2c([nH]c3ccccc32)c(=O)n1-c1cc(C)ccc1OC. The van der Waals surface area contributed by atoms with Crippen molar-refractivity contribution in [3.8, 4) is 11.4 Å². The van der Waals surface area contributed by atoms with Crippen LogP contribution in [0.15, 0.2) is 52.4 Å². The summed E-state index contributed by atoms with van der Waals surface area (Å²) in [6, 6.07) is 13.2. The van der Waals surface area contributed by atoms with Crippen LogP contribution in [0.25, 0.3) is 27.6 Å². The van der Waals surface area contributed by atoms with Crippen LogP contribution in [0.5, 0.6) is 5.75 Å². The molecule has 2 aromatic carbocycles. The van der Waals surface area contributed by atoms with Crippen molar-refractivity contribution in [1.29, 1.82) is 0 Å². The molecule has 1 N–H and O–H groups in total. The van der Waals surface area contributed by atoms with Crippen molar-refractivity contribution in [1.82, 2.24) is 14.5 Å². The molecule has 0 atom stereocenters. The van der Waals surface area contributed by atoms with E-state index in [4.69, 9.17) is 14.5 Å². The van der Waals surface area contributed by atoms with Crippen LogP contribution in [0.1, 0.15) is 5.56 Å². The number of methoxy groups -OCH3 is 2. The standard InChI is InChI=1S/C21H19N3O4S/c1-12-8-9-16(27-2)15(10-12)24-20(26)19-18(13-6-4-5-7-14(13)22-19)23-21(24)29-11-17(25)28-3/h4-10,22H,11H2,1-3H3.